The highest BCUT2D eigenvalue weighted by Crippen LogP contribution is 2.16. The number of halogens is 1. The Morgan fingerprint density at radius 1 is 1.38 bits per heavy atom. The van der Waals surface area contributed by atoms with Crippen molar-refractivity contribution >= 4 is 32.6 Å². The number of hydrogen-bond donors (Lipinski definition) is 0. The Morgan fingerprint density at radius 3 is 2.44 bits per heavy atom. The first-order valence-corrected chi connectivity index (χ1v) is 7.09. The van der Waals surface area contributed by atoms with E-state index in [-0.39, 0.29) is 17.9 Å². The number of rotatable bonds is 4. The average Bonchev–Trinajstić information content (AvgIpc) is 2.26. The molecule has 6 heteroatoms. The summed E-state index contributed by atoms with van der Waals surface area (Å²) in [6.07, 6.45) is 0.195. The summed E-state index contributed by atoms with van der Waals surface area (Å²) in [5.74, 6) is 0. The normalized spacial score (nSPS) is 11.4. The van der Waals surface area contributed by atoms with Gasteiger partial charge in [-0.1, -0.05) is 0 Å². The molecule has 0 spiro atoms. The summed E-state index contributed by atoms with van der Waals surface area (Å²) in [4.78, 5) is 0.258. The number of hydrogen-bond acceptors (Lipinski definition) is 3. The Morgan fingerprint density at radius 2 is 1.94 bits per heavy atom. The third kappa shape index (κ3) is 3.17. The Balaban J connectivity index is 2.94. The maximum Gasteiger partial charge on any atom is 0.242 e. The quantitative estimate of drug-likeness (QED) is 0.779. The lowest BCUT2D eigenvalue weighted by Gasteiger charge is -2.15. The van der Waals surface area contributed by atoms with Crippen molar-refractivity contribution in [2.24, 2.45) is 0 Å². The van der Waals surface area contributed by atoms with Crippen LogP contribution >= 0.6 is 22.6 Å². The van der Waals surface area contributed by atoms with Crippen molar-refractivity contribution in [2.75, 3.05) is 13.6 Å². The molecule has 0 fully saturated rings. The molecular formula is C10H11IN2O2S. The van der Waals surface area contributed by atoms with E-state index in [4.69, 9.17) is 5.26 Å². The van der Waals surface area contributed by atoms with Crippen molar-refractivity contribution in [1.29, 1.82) is 5.26 Å². The van der Waals surface area contributed by atoms with Crippen LogP contribution in [0.25, 0.3) is 0 Å². The summed E-state index contributed by atoms with van der Waals surface area (Å²) in [5.41, 5.74) is 0. The smallest absolute Gasteiger partial charge is 0.207 e. The molecule has 16 heavy (non-hydrogen) atoms. The van der Waals surface area contributed by atoms with Crippen molar-refractivity contribution in [3.8, 4) is 6.07 Å². The SMILES string of the molecule is CN(CCC#N)S(=O)(=O)c1ccc(I)cc1. The van der Waals surface area contributed by atoms with Gasteiger partial charge in [0.15, 0.2) is 0 Å². The van der Waals surface area contributed by atoms with Crippen molar-refractivity contribution < 1.29 is 8.42 Å². The van der Waals surface area contributed by atoms with E-state index in [1.165, 1.54) is 11.4 Å². The minimum absolute atomic E-state index is 0.195. The van der Waals surface area contributed by atoms with Crippen LogP contribution in [-0.4, -0.2) is 26.3 Å². The monoisotopic (exact) mass is 350 g/mol. The predicted octanol–water partition coefficient (Wildman–Crippen LogP) is 1.83. The van der Waals surface area contributed by atoms with Gasteiger partial charge in [-0.25, -0.2) is 8.42 Å². The van der Waals surface area contributed by atoms with Crippen molar-refractivity contribution in [1.82, 2.24) is 4.31 Å². The Kier molecular flexibility index (Phi) is 4.70. The fraction of sp³-hybridized carbons (Fsp3) is 0.300. The summed E-state index contributed by atoms with van der Waals surface area (Å²) in [6.45, 7) is 0.213. The van der Waals surface area contributed by atoms with E-state index < -0.39 is 10.0 Å². The molecule has 1 aromatic carbocycles. The number of nitriles is 1. The van der Waals surface area contributed by atoms with E-state index in [1.54, 1.807) is 24.3 Å². The van der Waals surface area contributed by atoms with E-state index in [0.717, 1.165) is 3.57 Å². The van der Waals surface area contributed by atoms with E-state index in [1.807, 2.05) is 6.07 Å². The second kappa shape index (κ2) is 5.61. The molecule has 0 heterocycles. The van der Waals surface area contributed by atoms with Crippen LogP contribution in [0.1, 0.15) is 6.42 Å². The summed E-state index contributed by atoms with van der Waals surface area (Å²) in [6, 6.07) is 8.55. The van der Waals surface area contributed by atoms with Crippen LogP contribution < -0.4 is 0 Å². The number of nitrogens with zero attached hydrogens (tertiary/aromatic N) is 2. The van der Waals surface area contributed by atoms with Gasteiger partial charge < -0.3 is 0 Å². The van der Waals surface area contributed by atoms with Gasteiger partial charge >= 0.3 is 0 Å². The van der Waals surface area contributed by atoms with E-state index in [0.29, 0.717) is 0 Å². The zero-order valence-corrected chi connectivity index (χ0v) is 11.7. The zero-order chi connectivity index (χ0) is 12.2. The predicted molar refractivity (Wildman–Crippen MR) is 69.2 cm³/mol. The number of sulfonamides is 1. The standard InChI is InChI=1S/C10H11IN2O2S/c1-13(8-2-7-12)16(14,15)10-5-3-9(11)4-6-10/h3-6H,2,8H2,1H3. The maximum absolute atomic E-state index is 12.0. The van der Waals surface area contributed by atoms with E-state index in [2.05, 4.69) is 22.6 Å². The molecule has 86 valence electrons. The maximum atomic E-state index is 12.0. The molecule has 0 aromatic heterocycles. The van der Waals surface area contributed by atoms with Gasteiger partial charge in [-0.3, -0.25) is 0 Å². The molecule has 0 unspecified atom stereocenters. The largest absolute Gasteiger partial charge is 0.242 e. The molecule has 0 saturated heterocycles. The summed E-state index contributed by atoms with van der Waals surface area (Å²) in [7, 11) is -1.97. The van der Waals surface area contributed by atoms with Crippen molar-refractivity contribution in [3.05, 3.63) is 27.8 Å². The second-order valence-corrected chi connectivity index (χ2v) is 6.48. The first kappa shape index (κ1) is 13.4. The summed E-state index contributed by atoms with van der Waals surface area (Å²) in [5, 5.41) is 8.42. The van der Waals surface area contributed by atoms with Gasteiger partial charge in [0.25, 0.3) is 0 Å². The van der Waals surface area contributed by atoms with Crippen molar-refractivity contribution in [3.63, 3.8) is 0 Å². The van der Waals surface area contributed by atoms with Gasteiger partial charge in [0, 0.05) is 23.6 Å². The molecule has 0 N–H and O–H groups in total. The minimum atomic E-state index is -3.45. The van der Waals surface area contributed by atoms with Gasteiger partial charge in [-0.15, -0.1) is 0 Å². The van der Waals surface area contributed by atoms with Gasteiger partial charge in [-0.05, 0) is 46.9 Å². The van der Waals surface area contributed by atoms with Crippen molar-refractivity contribution in [2.45, 2.75) is 11.3 Å². The van der Waals surface area contributed by atoms with Crippen LogP contribution in [0.5, 0.6) is 0 Å². The van der Waals surface area contributed by atoms with E-state index >= 15 is 0 Å². The molecule has 0 atom stereocenters. The summed E-state index contributed by atoms with van der Waals surface area (Å²) >= 11 is 2.11. The topological polar surface area (TPSA) is 61.2 Å². The lowest BCUT2D eigenvalue weighted by molar-refractivity contribution is 0.476. The Hall–Kier alpha value is -0.650. The van der Waals surface area contributed by atoms with Crippen LogP contribution in [0.15, 0.2) is 29.2 Å². The highest BCUT2D eigenvalue weighted by Gasteiger charge is 2.19. The third-order valence-electron chi connectivity index (χ3n) is 2.06. The number of benzene rings is 1. The Bertz CT molecular complexity index is 491. The molecule has 0 aliphatic heterocycles. The van der Waals surface area contributed by atoms with Crippen LogP contribution in [0.2, 0.25) is 0 Å². The lowest BCUT2D eigenvalue weighted by Crippen LogP contribution is -2.27. The first-order chi connectivity index (χ1) is 7.48. The van der Waals surface area contributed by atoms with Crippen LogP contribution in [0, 0.1) is 14.9 Å². The molecule has 1 rings (SSSR count). The first-order valence-electron chi connectivity index (χ1n) is 4.57. The molecule has 0 saturated carbocycles. The molecule has 0 bridgehead atoms. The molecule has 1 aromatic rings. The minimum Gasteiger partial charge on any atom is -0.207 e. The third-order valence-corrected chi connectivity index (χ3v) is 4.65. The molecule has 0 aliphatic rings. The molecule has 0 amide bonds. The molecule has 4 nitrogen and oxygen atoms in total. The van der Waals surface area contributed by atoms with Crippen LogP contribution in [0.3, 0.4) is 0 Å². The highest BCUT2D eigenvalue weighted by atomic mass is 127. The molecule has 0 aliphatic carbocycles. The summed E-state index contributed by atoms with van der Waals surface area (Å²) < 4.78 is 26.1. The van der Waals surface area contributed by atoms with Crippen LogP contribution in [0.4, 0.5) is 0 Å². The van der Waals surface area contributed by atoms with Crippen LogP contribution in [-0.2, 0) is 10.0 Å². The van der Waals surface area contributed by atoms with Gasteiger partial charge in [0.2, 0.25) is 10.0 Å². The average molecular weight is 350 g/mol. The van der Waals surface area contributed by atoms with Gasteiger partial charge in [0.1, 0.15) is 0 Å². The fourth-order valence-corrected chi connectivity index (χ4v) is 2.65. The molecule has 0 radical (unpaired) electrons. The highest BCUT2D eigenvalue weighted by molar-refractivity contribution is 14.1. The lowest BCUT2D eigenvalue weighted by atomic mass is 10.4. The Labute approximate surface area is 109 Å². The zero-order valence-electron chi connectivity index (χ0n) is 8.72. The molecular weight excluding hydrogens is 339 g/mol. The fourth-order valence-electron chi connectivity index (χ4n) is 1.11. The van der Waals surface area contributed by atoms with E-state index in [9.17, 15) is 8.42 Å². The van der Waals surface area contributed by atoms with Gasteiger partial charge in [0.05, 0.1) is 11.0 Å². The van der Waals surface area contributed by atoms with Gasteiger partial charge in [-0.2, -0.15) is 9.57 Å². The second-order valence-electron chi connectivity index (χ2n) is 3.19.